The van der Waals surface area contributed by atoms with Crippen LogP contribution in [-0.2, 0) is 0 Å². The molecule has 0 bridgehead atoms. The van der Waals surface area contributed by atoms with Gasteiger partial charge >= 0.3 is 0 Å². The molecule has 4 heteroatoms. The van der Waals surface area contributed by atoms with Crippen LogP contribution in [0.1, 0.15) is 30.2 Å². The Bertz CT molecular complexity index is 748. The summed E-state index contributed by atoms with van der Waals surface area (Å²) in [6.45, 7) is 5.96. The summed E-state index contributed by atoms with van der Waals surface area (Å²) in [6.07, 6.45) is 1.73. The van der Waals surface area contributed by atoms with E-state index in [4.69, 9.17) is 4.42 Å². The second-order valence-electron chi connectivity index (χ2n) is 5.02. The molecule has 0 radical (unpaired) electrons. The van der Waals surface area contributed by atoms with Gasteiger partial charge in [0.05, 0.1) is 11.7 Å². The van der Waals surface area contributed by atoms with Gasteiger partial charge in [0.25, 0.3) is 0 Å². The Labute approximate surface area is 117 Å². The van der Waals surface area contributed by atoms with Crippen molar-refractivity contribution in [1.82, 2.24) is 9.97 Å². The molecule has 1 N–H and O–H groups in total. The van der Waals surface area contributed by atoms with Crippen molar-refractivity contribution in [3.63, 3.8) is 0 Å². The van der Waals surface area contributed by atoms with Crippen LogP contribution in [0.2, 0.25) is 0 Å². The summed E-state index contributed by atoms with van der Waals surface area (Å²) in [5.41, 5.74) is 2.09. The predicted molar refractivity (Wildman–Crippen MR) is 79.8 cm³/mol. The van der Waals surface area contributed by atoms with Crippen molar-refractivity contribution in [2.45, 2.75) is 26.8 Å². The lowest BCUT2D eigenvalue weighted by Gasteiger charge is -2.14. The van der Waals surface area contributed by atoms with Gasteiger partial charge in [0, 0.05) is 5.39 Å². The lowest BCUT2D eigenvalue weighted by Crippen LogP contribution is -2.09. The minimum absolute atomic E-state index is 0.0175. The van der Waals surface area contributed by atoms with E-state index in [2.05, 4.69) is 34.3 Å². The van der Waals surface area contributed by atoms with Gasteiger partial charge in [-0.2, -0.15) is 0 Å². The largest absolute Gasteiger partial charge is 0.444 e. The molecule has 0 aliphatic rings. The summed E-state index contributed by atoms with van der Waals surface area (Å²) in [6, 6.07) is 10.2. The highest BCUT2D eigenvalue weighted by atomic mass is 16.4. The van der Waals surface area contributed by atoms with Crippen LogP contribution in [-0.4, -0.2) is 9.97 Å². The Morgan fingerprint density at radius 1 is 1.20 bits per heavy atom. The number of benzene rings is 1. The van der Waals surface area contributed by atoms with E-state index in [1.165, 1.54) is 0 Å². The summed E-state index contributed by atoms with van der Waals surface area (Å²) in [5, 5.41) is 4.51. The summed E-state index contributed by atoms with van der Waals surface area (Å²) < 4.78 is 5.54. The van der Waals surface area contributed by atoms with Crippen LogP contribution in [0.3, 0.4) is 0 Å². The Kier molecular flexibility index (Phi) is 3.14. The summed E-state index contributed by atoms with van der Waals surface area (Å²) in [4.78, 5) is 8.91. The number of para-hydroxylation sites is 1. The lowest BCUT2D eigenvalue weighted by atomic mass is 10.1. The maximum atomic E-state index is 5.54. The molecule has 0 aliphatic heterocycles. The quantitative estimate of drug-likeness (QED) is 0.779. The van der Waals surface area contributed by atoms with Crippen LogP contribution in [0, 0.1) is 13.8 Å². The molecule has 1 unspecified atom stereocenters. The average Bonchev–Trinajstić information content (AvgIpc) is 2.86. The molecule has 0 saturated heterocycles. The molecule has 1 atom stereocenters. The molecule has 3 rings (SSSR count). The molecule has 4 nitrogen and oxygen atoms in total. The van der Waals surface area contributed by atoms with E-state index in [1.807, 2.05) is 32.0 Å². The van der Waals surface area contributed by atoms with Gasteiger partial charge in [0.1, 0.15) is 17.6 Å². The number of aryl methyl sites for hydroxylation is 2. The van der Waals surface area contributed by atoms with E-state index in [1.54, 1.807) is 6.20 Å². The first-order chi connectivity index (χ1) is 9.63. The molecule has 0 amide bonds. The summed E-state index contributed by atoms with van der Waals surface area (Å²) in [5.74, 6) is 2.36. The monoisotopic (exact) mass is 267 g/mol. The van der Waals surface area contributed by atoms with Crippen molar-refractivity contribution < 1.29 is 4.42 Å². The number of nitrogens with one attached hydrogen (secondary N) is 1. The van der Waals surface area contributed by atoms with Crippen molar-refractivity contribution in [2.75, 3.05) is 5.32 Å². The van der Waals surface area contributed by atoms with Crippen LogP contribution >= 0.6 is 0 Å². The van der Waals surface area contributed by atoms with E-state index in [-0.39, 0.29) is 6.04 Å². The van der Waals surface area contributed by atoms with Crippen LogP contribution in [0.5, 0.6) is 0 Å². The normalized spacial score (nSPS) is 12.6. The van der Waals surface area contributed by atoms with Gasteiger partial charge in [-0.1, -0.05) is 18.2 Å². The number of nitrogens with zero attached hydrogens (tertiary/aromatic N) is 2. The standard InChI is InChI=1S/C16H17N3O/c1-10-8-13-6-4-5-7-14(13)19-15(10)18-12(3)16-17-9-11(2)20-16/h4-9,12H,1-3H3,(H,18,19). The zero-order chi connectivity index (χ0) is 14.1. The third kappa shape index (κ3) is 2.37. The van der Waals surface area contributed by atoms with Gasteiger partial charge in [0.2, 0.25) is 5.89 Å². The third-order valence-corrected chi connectivity index (χ3v) is 3.28. The molecule has 1 aromatic carbocycles. The van der Waals surface area contributed by atoms with Crippen molar-refractivity contribution in [3.8, 4) is 0 Å². The highest BCUT2D eigenvalue weighted by Crippen LogP contribution is 2.23. The SMILES string of the molecule is Cc1cnc(C(C)Nc2nc3ccccc3cc2C)o1. The lowest BCUT2D eigenvalue weighted by molar-refractivity contribution is 0.453. The fraction of sp³-hybridized carbons (Fsp3) is 0.250. The summed E-state index contributed by atoms with van der Waals surface area (Å²) >= 11 is 0. The van der Waals surface area contributed by atoms with Crippen molar-refractivity contribution in [2.24, 2.45) is 0 Å². The zero-order valence-corrected chi connectivity index (χ0v) is 11.8. The van der Waals surface area contributed by atoms with E-state index in [0.29, 0.717) is 5.89 Å². The van der Waals surface area contributed by atoms with Crippen molar-refractivity contribution >= 4 is 16.7 Å². The van der Waals surface area contributed by atoms with Crippen LogP contribution < -0.4 is 5.32 Å². The number of aromatic nitrogens is 2. The second-order valence-corrected chi connectivity index (χ2v) is 5.02. The third-order valence-electron chi connectivity index (χ3n) is 3.28. The number of fused-ring (bicyclic) bond motifs is 1. The molecule has 3 aromatic rings. The van der Waals surface area contributed by atoms with E-state index in [9.17, 15) is 0 Å². The maximum absolute atomic E-state index is 5.54. The Hall–Kier alpha value is -2.36. The van der Waals surface area contributed by atoms with Gasteiger partial charge in [-0.05, 0) is 38.5 Å². The topological polar surface area (TPSA) is 51.0 Å². The zero-order valence-electron chi connectivity index (χ0n) is 11.8. The predicted octanol–water partition coefficient (Wildman–Crippen LogP) is 4.01. The molecule has 0 aliphatic carbocycles. The minimum Gasteiger partial charge on any atom is -0.444 e. The minimum atomic E-state index is -0.0175. The molecule has 0 fully saturated rings. The number of rotatable bonds is 3. The molecule has 0 spiro atoms. The Morgan fingerprint density at radius 3 is 2.75 bits per heavy atom. The molecule has 2 aromatic heterocycles. The Balaban J connectivity index is 1.92. The van der Waals surface area contributed by atoms with Crippen LogP contribution in [0.15, 0.2) is 40.9 Å². The van der Waals surface area contributed by atoms with Crippen molar-refractivity contribution in [1.29, 1.82) is 0 Å². The van der Waals surface area contributed by atoms with Gasteiger partial charge < -0.3 is 9.73 Å². The first kappa shape index (κ1) is 12.7. The molecule has 102 valence electrons. The molecular weight excluding hydrogens is 250 g/mol. The first-order valence-electron chi connectivity index (χ1n) is 6.69. The smallest absolute Gasteiger partial charge is 0.216 e. The first-order valence-corrected chi connectivity index (χ1v) is 6.69. The van der Waals surface area contributed by atoms with Crippen molar-refractivity contribution in [3.05, 3.63) is 53.7 Å². The van der Waals surface area contributed by atoms with Crippen LogP contribution in [0.25, 0.3) is 10.9 Å². The van der Waals surface area contributed by atoms with E-state index >= 15 is 0 Å². The number of anilines is 1. The average molecular weight is 267 g/mol. The van der Waals surface area contributed by atoms with E-state index < -0.39 is 0 Å². The highest BCUT2D eigenvalue weighted by Gasteiger charge is 2.13. The number of hydrogen-bond acceptors (Lipinski definition) is 4. The van der Waals surface area contributed by atoms with Crippen LogP contribution in [0.4, 0.5) is 5.82 Å². The molecule has 2 heterocycles. The Morgan fingerprint density at radius 2 is 2.00 bits per heavy atom. The van der Waals surface area contributed by atoms with E-state index in [0.717, 1.165) is 28.0 Å². The fourth-order valence-corrected chi connectivity index (χ4v) is 2.21. The number of hydrogen-bond donors (Lipinski definition) is 1. The molecular formula is C16H17N3O. The fourth-order valence-electron chi connectivity index (χ4n) is 2.21. The van der Waals surface area contributed by atoms with Gasteiger partial charge in [-0.25, -0.2) is 9.97 Å². The van der Waals surface area contributed by atoms with Gasteiger partial charge in [0.15, 0.2) is 0 Å². The molecule has 0 saturated carbocycles. The van der Waals surface area contributed by atoms with Gasteiger partial charge in [-0.15, -0.1) is 0 Å². The molecule has 20 heavy (non-hydrogen) atoms. The summed E-state index contributed by atoms with van der Waals surface area (Å²) in [7, 11) is 0. The number of oxazole rings is 1. The van der Waals surface area contributed by atoms with Gasteiger partial charge in [-0.3, -0.25) is 0 Å². The second kappa shape index (κ2) is 4.96. The highest BCUT2D eigenvalue weighted by molar-refractivity contribution is 5.81. The number of pyridine rings is 1. The maximum Gasteiger partial charge on any atom is 0.216 e.